The standard InChI is InChI=1S/C21H32N2O4/c1-13(2)19(23-20(24)15-8-6-14(3)7-9-15)21(25)22-16-10-11-17(26-4)18(12-16)27-5/h10-15,19H,6-9H2,1-5H3,(H,22,25)(H,23,24)/t14?,15?,19-/m0/s1. The molecule has 2 N–H and O–H groups in total. The van der Waals surface area contributed by atoms with Gasteiger partial charge in [0.25, 0.3) is 0 Å². The lowest BCUT2D eigenvalue weighted by Gasteiger charge is -2.28. The number of hydrogen-bond donors (Lipinski definition) is 2. The maximum Gasteiger partial charge on any atom is 0.247 e. The summed E-state index contributed by atoms with van der Waals surface area (Å²) in [7, 11) is 3.11. The summed E-state index contributed by atoms with van der Waals surface area (Å²) < 4.78 is 10.5. The number of nitrogens with one attached hydrogen (secondary N) is 2. The van der Waals surface area contributed by atoms with Crippen LogP contribution in [0.2, 0.25) is 0 Å². The van der Waals surface area contributed by atoms with Gasteiger partial charge in [0.1, 0.15) is 6.04 Å². The highest BCUT2D eigenvalue weighted by atomic mass is 16.5. The normalized spacial score (nSPS) is 20.7. The summed E-state index contributed by atoms with van der Waals surface area (Å²) in [4.78, 5) is 25.4. The highest BCUT2D eigenvalue weighted by Crippen LogP contribution is 2.30. The first kappa shape index (κ1) is 21.1. The van der Waals surface area contributed by atoms with Crippen molar-refractivity contribution < 1.29 is 19.1 Å². The van der Waals surface area contributed by atoms with Gasteiger partial charge in [0.15, 0.2) is 11.5 Å². The number of benzene rings is 1. The van der Waals surface area contributed by atoms with Gasteiger partial charge in [0.05, 0.1) is 14.2 Å². The van der Waals surface area contributed by atoms with Crippen LogP contribution in [0.25, 0.3) is 0 Å². The zero-order valence-corrected chi connectivity index (χ0v) is 17.0. The lowest BCUT2D eigenvalue weighted by molar-refractivity contribution is -0.131. The third kappa shape index (κ3) is 5.62. The molecule has 0 aromatic heterocycles. The zero-order chi connectivity index (χ0) is 20.0. The van der Waals surface area contributed by atoms with Crippen molar-refractivity contribution in [2.45, 2.75) is 52.5 Å². The quantitative estimate of drug-likeness (QED) is 0.762. The molecule has 0 heterocycles. The molecule has 0 saturated heterocycles. The van der Waals surface area contributed by atoms with Gasteiger partial charge in [0, 0.05) is 17.7 Å². The molecule has 0 unspecified atom stereocenters. The van der Waals surface area contributed by atoms with E-state index in [1.165, 1.54) is 0 Å². The van der Waals surface area contributed by atoms with Crippen molar-refractivity contribution in [2.24, 2.45) is 17.8 Å². The van der Waals surface area contributed by atoms with Gasteiger partial charge in [-0.1, -0.05) is 20.8 Å². The highest BCUT2D eigenvalue weighted by molar-refractivity contribution is 5.97. The molecule has 1 atom stereocenters. The van der Waals surface area contributed by atoms with Crippen LogP contribution >= 0.6 is 0 Å². The molecule has 150 valence electrons. The summed E-state index contributed by atoms with van der Waals surface area (Å²) in [5.74, 6) is 1.57. The average Bonchev–Trinajstić information content (AvgIpc) is 2.65. The van der Waals surface area contributed by atoms with E-state index < -0.39 is 6.04 Å². The fourth-order valence-corrected chi connectivity index (χ4v) is 3.46. The van der Waals surface area contributed by atoms with Crippen LogP contribution in [0.1, 0.15) is 46.5 Å². The number of anilines is 1. The van der Waals surface area contributed by atoms with Crippen LogP contribution in [0, 0.1) is 17.8 Å². The molecule has 1 saturated carbocycles. The van der Waals surface area contributed by atoms with Gasteiger partial charge < -0.3 is 20.1 Å². The van der Waals surface area contributed by atoms with E-state index in [1.54, 1.807) is 32.4 Å². The molecule has 27 heavy (non-hydrogen) atoms. The van der Waals surface area contributed by atoms with Crippen LogP contribution < -0.4 is 20.1 Å². The predicted octanol–water partition coefficient (Wildman–Crippen LogP) is 3.61. The molecular weight excluding hydrogens is 344 g/mol. The second-order valence-corrected chi connectivity index (χ2v) is 7.75. The first-order valence-electron chi connectivity index (χ1n) is 9.69. The molecule has 6 heteroatoms. The zero-order valence-electron chi connectivity index (χ0n) is 17.0. The second-order valence-electron chi connectivity index (χ2n) is 7.75. The monoisotopic (exact) mass is 376 g/mol. The topological polar surface area (TPSA) is 76.7 Å². The van der Waals surface area contributed by atoms with E-state index in [4.69, 9.17) is 9.47 Å². The fourth-order valence-electron chi connectivity index (χ4n) is 3.46. The van der Waals surface area contributed by atoms with Gasteiger partial charge in [-0.3, -0.25) is 9.59 Å². The number of hydrogen-bond acceptors (Lipinski definition) is 4. The molecule has 1 aromatic carbocycles. The molecule has 0 spiro atoms. The Morgan fingerprint density at radius 1 is 1.04 bits per heavy atom. The van der Waals surface area contributed by atoms with Gasteiger partial charge in [-0.25, -0.2) is 0 Å². The summed E-state index contributed by atoms with van der Waals surface area (Å²) in [5.41, 5.74) is 0.601. The Morgan fingerprint density at radius 3 is 2.22 bits per heavy atom. The molecule has 6 nitrogen and oxygen atoms in total. The van der Waals surface area contributed by atoms with Crippen molar-refractivity contribution in [1.29, 1.82) is 0 Å². The van der Waals surface area contributed by atoms with E-state index in [1.807, 2.05) is 13.8 Å². The largest absolute Gasteiger partial charge is 0.493 e. The SMILES string of the molecule is COc1ccc(NC(=O)[C@@H](NC(=O)C2CCC(C)CC2)C(C)C)cc1OC. The molecule has 1 fully saturated rings. The first-order valence-corrected chi connectivity index (χ1v) is 9.69. The molecule has 1 aromatic rings. The van der Waals surface area contributed by atoms with Crippen molar-refractivity contribution in [3.05, 3.63) is 18.2 Å². The van der Waals surface area contributed by atoms with Gasteiger partial charge in [-0.15, -0.1) is 0 Å². The number of carbonyl (C=O) groups is 2. The van der Waals surface area contributed by atoms with Crippen LogP contribution in [-0.2, 0) is 9.59 Å². The van der Waals surface area contributed by atoms with Gasteiger partial charge in [-0.05, 0) is 49.7 Å². The summed E-state index contributed by atoms with van der Waals surface area (Å²) in [6.07, 6.45) is 3.94. The Bertz CT molecular complexity index is 652. The summed E-state index contributed by atoms with van der Waals surface area (Å²) in [6.45, 7) is 6.09. The molecule has 1 aliphatic carbocycles. The Hall–Kier alpha value is -2.24. The summed E-state index contributed by atoms with van der Waals surface area (Å²) >= 11 is 0. The van der Waals surface area contributed by atoms with E-state index in [0.29, 0.717) is 23.1 Å². The minimum atomic E-state index is -0.579. The van der Waals surface area contributed by atoms with Crippen LogP contribution in [0.5, 0.6) is 11.5 Å². The first-order chi connectivity index (χ1) is 12.8. The molecule has 1 aliphatic rings. The summed E-state index contributed by atoms with van der Waals surface area (Å²) in [6, 6.07) is 4.62. The molecular formula is C21H32N2O4. The summed E-state index contributed by atoms with van der Waals surface area (Å²) in [5, 5.41) is 5.84. The van der Waals surface area contributed by atoms with Crippen LogP contribution in [0.4, 0.5) is 5.69 Å². The van der Waals surface area contributed by atoms with Crippen LogP contribution in [0.3, 0.4) is 0 Å². The smallest absolute Gasteiger partial charge is 0.247 e. The van der Waals surface area contributed by atoms with Crippen molar-refractivity contribution >= 4 is 17.5 Å². The van der Waals surface area contributed by atoms with Crippen LogP contribution in [0.15, 0.2) is 18.2 Å². The minimum absolute atomic E-state index is 0.0105. The van der Waals surface area contributed by atoms with Gasteiger partial charge in [-0.2, -0.15) is 0 Å². The number of rotatable bonds is 7. The maximum atomic E-state index is 12.8. The van der Waals surface area contributed by atoms with E-state index in [-0.39, 0.29) is 23.7 Å². The van der Waals surface area contributed by atoms with Gasteiger partial charge in [0.2, 0.25) is 11.8 Å². The van der Waals surface area contributed by atoms with Crippen molar-refractivity contribution in [2.75, 3.05) is 19.5 Å². The van der Waals surface area contributed by atoms with Crippen molar-refractivity contribution in [3.63, 3.8) is 0 Å². The van der Waals surface area contributed by atoms with E-state index in [9.17, 15) is 9.59 Å². The Balaban J connectivity index is 2.03. The molecule has 0 aliphatic heterocycles. The van der Waals surface area contributed by atoms with E-state index in [0.717, 1.165) is 25.7 Å². The molecule has 0 radical (unpaired) electrons. The van der Waals surface area contributed by atoms with Crippen molar-refractivity contribution in [3.8, 4) is 11.5 Å². The maximum absolute atomic E-state index is 12.8. The predicted molar refractivity (Wildman–Crippen MR) is 106 cm³/mol. The number of ether oxygens (including phenoxy) is 2. The third-order valence-corrected chi connectivity index (χ3v) is 5.28. The Morgan fingerprint density at radius 2 is 1.67 bits per heavy atom. The minimum Gasteiger partial charge on any atom is -0.493 e. The number of methoxy groups -OCH3 is 2. The van der Waals surface area contributed by atoms with E-state index in [2.05, 4.69) is 17.6 Å². The number of carbonyl (C=O) groups excluding carboxylic acids is 2. The fraction of sp³-hybridized carbons (Fsp3) is 0.619. The Labute approximate surface area is 162 Å². The highest BCUT2D eigenvalue weighted by Gasteiger charge is 2.30. The molecule has 0 bridgehead atoms. The van der Waals surface area contributed by atoms with Crippen molar-refractivity contribution in [1.82, 2.24) is 5.32 Å². The van der Waals surface area contributed by atoms with E-state index >= 15 is 0 Å². The Kier molecular flexibility index (Phi) is 7.51. The third-order valence-electron chi connectivity index (χ3n) is 5.28. The average molecular weight is 376 g/mol. The molecule has 2 rings (SSSR count). The lowest BCUT2D eigenvalue weighted by Crippen LogP contribution is -2.49. The number of amides is 2. The van der Waals surface area contributed by atoms with Gasteiger partial charge >= 0.3 is 0 Å². The molecule has 2 amide bonds. The van der Waals surface area contributed by atoms with Crippen LogP contribution in [-0.4, -0.2) is 32.1 Å². The lowest BCUT2D eigenvalue weighted by atomic mass is 9.82. The second kappa shape index (κ2) is 9.62.